The third-order valence-corrected chi connectivity index (χ3v) is 7.60. The number of hydrogen-bond acceptors (Lipinski definition) is 4. The number of nitrogens with zero attached hydrogens (tertiary/aromatic N) is 3. The molecule has 3 heterocycles. The lowest BCUT2D eigenvalue weighted by atomic mass is 9.92. The number of carbonyl (C=O) groups is 2. The van der Waals surface area contributed by atoms with Gasteiger partial charge in [0.15, 0.2) is 0 Å². The van der Waals surface area contributed by atoms with E-state index in [2.05, 4.69) is 5.32 Å². The number of thiophene rings is 1. The minimum Gasteiger partial charge on any atom is -0.351 e. The molecule has 166 valence electrons. The number of nitrogens with one attached hydrogen (secondary N) is 1. The van der Waals surface area contributed by atoms with Gasteiger partial charge in [-0.3, -0.25) is 19.2 Å². The van der Waals surface area contributed by atoms with Gasteiger partial charge in [0.1, 0.15) is 16.9 Å². The van der Waals surface area contributed by atoms with Crippen molar-refractivity contribution in [3.63, 3.8) is 0 Å². The molecule has 1 fully saturated rings. The number of rotatable bonds is 4. The van der Waals surface area contributed by atoms with Crippen molar-refractivity contribution >= 4 is 28.8 Å². The van der Waals surface area contributed by atoms with Crippen molar-refractivity contribution in [2.45, 2.75) is 64.6 Å². The number of anilines is 1. The van der Waals surface area contributed by atoms with Gasteiger partial charge in [0.2, 0.25) is 5.91 Å². The molecule has 3 aromatic rings. The highest BCUT2D eigenvalue weighted by atomic mass is 32.1. The van der Waals surface area contributed by atoms with Crippen LogP contribution in [0.3, 0.4) is 0 Å². The van der Waals surface area contributed by atoms with Crippen molar-refractivity contribution in [3.05, 3.63) is 58.6 Å². The van der Waals surface area contributed by atoms with Crippen LogP contribution in [0.25, 0.3) is 10.6 Å². The molecule has 1 aliphatic carbocycles. The van der Waals surface area contributed by atoms with Crippen LogP contribution in [0.15, 0.2) is 41.8 Å². The molecule has 7 heteroatoms. The highest BCUT2D eigenvalue weighted by Gasteiger charge is 2.49. The summed E-state index contributed by atoms with van der Waals surface area (Å²) >= 11 is 1.59. The number of amides is 2. The Balaban J connectivity index is 1.61. The molecule has 1 aliphatic heterocycles. The van der Waals surface area contributed by atoms with Gasteiger partial charge >= 0.3 is 0 Å². The molecular formula is C25H28N4O2S. The summed E-state index contributed by atoms with van der Waals surface area (Å²) in [6, 6.07) is 12.0. The van der Waals surface area contributed by atoms with E-state index in [4.69, 9.17) is 5.10 Å². The Labute approximate surface area is 192 Å². The highest BCUT2D eigenvalue weighted by Crippen LogP contribution is 2.37. The molecule has 0 bridgehead atoms. The second kappa shape index (κ2) is 7.89. The quantitative estimate of drug-likeness (QED) is 0.629. The fourth-order valence-corrected chi connectivity index (χ4v) is 5.56. The topological polar surface area (TPSA) is 67.2 Å². The number of fused-ring (bicyclic) bond motifs is 1. The van der Waals surface area contributed by atoms with Crippen LogP contribution in [0.1, 0.15) is 54.2 Å². The van der Waals surface area contributed by atoms with Gasteiger partial charge in [0.25, 0.3) is 5.91 Å². The lowest BCUT2D eigenvalue weighted by Gasteiger charge is -2.44. The van der Waals surface area contributed by atoms with E-state index in [9.17, 15) is 9.59 Å². The van der Waals surface area contributed by atoms with Crippen LogP contribution in [-0.2, 0) is 11.3 Å². The molecule has 2 aliphatic rings. The molecule has 0 unspecified atom stereocenters. The van der Waals surface area contributed by atoms with Crippen molar-refractivity contribution in [3.8, 4) is 10.6 Å². The summed E-state index contributed by atoms with van der Waals surface area (Å²) in [6.07, 6.45) is 4.26. The van der Waals surface area contributed by atoms with Crippen molar-refractivity contribution in [2.75, 3.05) is 4.90 Å². The average Bonchev–Trinajstić information content (AvgIpc) is 3.51. The van der Waals surface area contributed by atoms with Crippen LogP contribution in [-0.4, -0.2) is 33.2 Å². The molecule has 1 atom stereocenters. The smallest absolute Gasteiger partial charge is 0.277 e. The van der Waals surface area contributed by atoms with E-state index in [0.29, 0.717) is 12.2 Å². The SMILES string of the molecule is Cc1ccc(C)c(N2C(=O)c3cc(-c4cccs4)nn3C[C@]2(C)C(=O)NC2CCCC2)c1. The van der Waals surface area contributed by atoms with Gasteiger partial charge in [-0.05, 0) is 68.3 Å². The molecule has 2 amide bonds. The predicted molar refractivity (Wildman–Crippen MR) is 127 cm³/mol. The van der Waals surface area contributed by atoms with E-state index in [1.165, 1.54) is 0 Å². The first-order valence-electron chi connectivity index (χ1n) is 11.2. The lowest BCUT2D eigenvalue weighted by Crippen LogP contribution is -2.65. The number of aryl methyl sites for hydroxylation is 2. The third-order valence-electron chi connectivity index (χ3n) is 6.71. The third kappa shape index (κ3) is 3.45. The van der Waals surface area contributed by atoms with Gasteiger partial charge in [-0.15, -0.1) is 11.3 Å². The van der Waals surface area contributed by atoms with E-state index in [1.54, 1.807) is 20.9 Å². The maximum absolute atomic E-state index is 13.9. The Morgan fingerprint density at radius 3 is 2.69 bits per heavy atom. The zero-order valence-electron chi connectivity index (χ0n) is 18.7. The maximum atomic E-state index is 13.9. The second-order valence-electron chi connectivity index (χ2n) is 9.21. The minimum atomic E-state index is -1.08. The molecule has 0 spiro atoms. The van der Waals surface area contributed by atoms with Gasteiger partial charge in [-0.2, -0.15) is 5.10 Å². The largest absolute Gasteiger partial charge is 0.351 e. The average molecular weight is 449 g/mol. The van der Waals surface area contributed by atoms with Crippen molar-refractivity contribution < 1.29 is 9.59 Å². The predicted octanol–water partition coefficient (Wildman–Crippen LogP) is 4.71. The van der Waals surface area contributed by atoms with E-state index in [-0.39, 0.29) is 17.9 Å². The van der Waals surface area contributed by atoms with E-state index >= 15 is 0 Å². The Kier molecular flexibility index (Phi) is 5.16. The molecule has 0 saturated heterocycles. The summed E-state index contributed by atoms with van der Waals surface area (Å²) in [6.45, 7) is 6.17. The van der Waals surface area contributed by atoms with Crippen LogP contribution < -0.4 is 10.2 Å². The first-order chi connectivity index (χ1) is 15.4. The van der Waals surface area contributed by atoms with Crippen LogP contribution in [0, 0.1) is 13.8 Å². The van der Waals surface area contributed by atoms with E-state index in [1.807, 2.05) is 62.5 Å². The summed E-state index contributed by atoms with van der Waals surface area (Å²) in [5.74, 6) is -0.304. The standard InChI is InChI=1S/C25H28N4O2S/c1-16-10-11-17(2)20(13-16)29-23(30)21-14-19(22-9-6-12-32-22)27-28(21)15-25(29,3)24(31)26-18-7-4-5-8-18/h6,9-14,18H,4-5,7-8,15H2,1-3H3,(H,26,31)/t25-/m1/s1. The molecule has 1 aromatic carbocycles. The first kappa shape index (κ1) is 20.9. The van der Waals surface area contributed by atoms with Gasteiger partial charge in [0.05, 0.1) is 11.4 Å². The Morgan fingerprint density at radius 2 is 1.97 bits per heavy atom. The van der Waals surface area contributed by atoms with Gasteiger partial charge < -0.3 is 5.32 Å². The zero-order valence-corrected chi connectivity index (χ0v) is 19.5. The second-order valence-corrected chi connectivity index (χ2v) is 10.2. The van der Waals surface area contributed by atoms with Crippen molar-refractivity contribution in [2.24, 2.45) is 0 Å². The minimum absolute atomic E-state index is 0.113. The van der Waals surface area contributed by atoms with E-state index < -0.39 is 5.54 Å². The fourth-order valence-electron chi connectivity index (χ4n) is 4.88. The molecule has 1 N–H and O–H groups in total. The fraction of sp³-hybridized carbons (Fsp3) is 0.400. The summed E-state index contributed by atoms with van der Waals surface area (Å²) in [4.78, 5) is 30.3. The Bertz CT molecular complexity index is 1180. The van der Waals surface area contributed by atoms with Gasteiger partial charge in [-0.25, -0.2) is 0 Å². The number of carbonyl (C=O) groups excluding carboxylic acids is 2. The monoisotopic (exact) mass is 448 g/mol. The summed E-state index contributed by atoms with van der Waals surface area (Å²) < 4.78 is 1.72. The van der Waals surface area contributed by atoms with Crippen LogP contribution in [0.2, 0.25) is 0 Å². The number of benzene rings is 1. The number of hydrogen-bond donors (Lipinski definition) is 1. The summed E-state index contributed by atoms with van der Waals surface area (Å²) in [5.41, 5.74) is 3.00. The Hall–Kier alpha value is -2.93. The zero-order chi connectivity index (χ0) is 22.5. The Morgan fingerprint density at radius 1 is 1.19 bits per heavy atom. The molecule has 5 rings (SSSR count). The number of aromatic nitrogens is 2. The normalized spacial score (nSPS) is 21.1. The van der Waals surface area contributed by atoms with E-state index in [0.717, 1.165) is 53.1 Å². The molecule has 6 nitrogen and oxygen atoms in total. The summed E-state index contributed by atoms with van der Waals surface area (Å²) in [7, 11) is 0. The van der Waals surface area contributed by atoms with Crippen LogP contribution in [0.5, 0.6) is 0 Å². The van der Waals surface area contributed by atoms with Crippen molar-refractivity contribution in [1.82, 2.24) is 15.1 Å². The molecule has 0 radical (unpaired) electrons. The van der Waals surface area contributed by atoms with Gasteiger partial charge in [0, 0.05) is 11.7 Å². The molecule has 32 heavy (non-hydrogen) atoms. The molecule has 1 saturated carbocycles. The maximum Gasteiger partial charge on any atom is 0.277 e. The summed E-state index contributed by atoms with van der Waals surface area (Å²) in [5, 5.41) is 9.95. The highest BCUT2D eigenvalue weighted by molar-refractivity contribution is 7.13. The van der Waals surface area contributed by atoms with Crippen molar-refractivity contribution in [1.29, 1.82) is 0 Å². The molecule has 2 aromatic heterocycles. The first-order valence-corrected chi connectivity index (χ1v) is 12.1. The van der Waals surface area contributed by atoms with Crippen LogP contribution in [0.4, 0.5) is 5.69 Å². The molecular weight excluding hydrogens is 420 g/mol. The van der Waals surface area contributed by atoms with Crippen LogP contribution >= 0.6 is 11.3 Å². The lowest BCUT2D eigenvalue weighted by molar-refractivity contribution is -0.127. The van der Waals surface area contributed by atoms with Gasteiger partial charge in [-0.1, -0.05) is 31.0 Å².